The van der Waals surface area contributed by atoms with E-state index in [0.717, 1.165) is 48.8 Å². The molecule has 2 aromatic carbocycles. The van der Waals surface area contributed by atoms with E-state index in [2.05, 4.69) is 34.3 Å². The number of pyridine rings is 1. The van der Waals surface area contributed by atoms with Gasteiger partial charge in [-0.2, -0.15) is 0 Å². The standard InChI is InChI=1S/C28H32N4O4/c1-29-28(34)24-18-27(33)32(25-17-22(35-3)5-6-23(24)25)14-13-31-11-8-20(9-12-31)30(2)21-4-7-26-19(16-21)10-15-36-26/h4-7,10,15-18,20H,8-9,11-14H2,1-3H3,(H,29,34). The third-order valence-electron chi connectivity index (χ3n) is 7.38. The molecule has 1 aliphatic rings. The van der Waals surface area contributed by atoms with Crippen molar-refractivity contribution in [3.05, 3.63) is 70.7 Å². The van der Waals surface area contributed by atoms with Crippen LogP contribution in [-0.2, 0) is 6.54 Å². The zero-order chi connectivity index (χ0) is 25.2. The molecule has 0 bridgehead atoms. The zero-order valence-corrected chi connectivity index (χ0v) is 21.0. The molecule has 1 amide bonds. The lowest BCUT2D eigenvalue weighted by molar-refractivity contribution is 0.0964. The van der Waals surface area contributed by atoms with Crippen LogP contribution in [0.5, 0.6) is 5.75 Å². The van der Waals surface area contributed by atoms with E-state index in [1.807, 2.05) is 30.3 Å². The second-order valence-corrected chi connectivity index (χ2v) is 9.34. The van der Waals surface area contributed by atoms with Crippen molar-refractivity contribution in [3.8, 4) is 5.75 Å². The summed E-state index contributed by atoms with van der Waals surface area (Å²) in [6.45, 7) is 3.25. The van der Waals surface area contributed by atoms with Gasteiger partial charge in [-0.25, -0.2) is 0 Å². The van der Waals surface area contributed by atoms with E-state index in [1.165, 1.54) is 11.8 Å². The number of furan rings is 1. The topological polar surface area (TPSA) is 80.0 Å². The summed E-state index contributed by atoms with van der Waals surface area (Å²) in [4.78, 5) is 30.2. The normalized spacial score (nSPS) is 14.9. The maximum atomic E-state index is 13.0. The number of piperidine rings is 1. The number of ether oxygens (including phenoxy) is 1. The maximum absolute atomic E-state index is 13.0. The number of likely N-dealkylation sites (tertiary alicyclic amines) is 1. The Hall–Kier alpha value is -3.78. The third-order valence-corrected chi connectivity index (χ3v) is 7.38. The fraction of sp³-hybridized carbons (Fsp3) is 0.357. The first-order valence-electron chi connectivity index (χ1n) is 12.3. The van der Waals surface area contributed by atoms with Crippen LogP contribution in [0.15, 0.2) is 64.0 Å². The van der Waals surface area contributed by atoms with Gasteiger partial charge in [-0.3, -0.25) is 9.59 Å². The zero-order valence-electron chi connectivity index (χ0n) is 21.0. The highest BCUT2D eigenvalue weighted by Crippen LogP contribution is 2.27. The van der Waals surface area contributed by atoms with Crippen molar-refractivity contribution in [2.24, 2.45) is 0 Å². The van der Waals surface area contributed by atoms with Crippen molar-refractivity contribution >= 4 is 33.5 Å². The fourth-order valence-corrected chi connectivity index (χ4v) is 5.20. The molecule has 188 valence electrons. The van der Waals surface area contributed by atoms with Crippen LogP contribution < -0.4 is 20.5 Å². The third kappa shape index (κ3) is 4.56. The quantitative estimate of drug-likeness (QED) is 0.427. The number of hydrogen-bond acceptors (Lipinski definition) is 6. The summed E-state index contributed by atoms with van der Waals surface area (Å²) < 4.78 is 12.6. The molecular weight excluding hydrogens is 456 g/mol. The van der Waals surface area contributed by atoms with E-state index in [1.54, 1.807) is 25.0 Å². The number of anilines is 1. The Morgan fingerprint density at radius 2 is 1.92 bits per heavy atom. The molecule has 0 unspecified atom stereocenters. The lowest BCUT2D eigenvalue weighted by Gasteiger charge is -2.38. The van der Waals surface area contributed by atoms with Crippen LogP contribution in [0.2, 0.25) is 0 Å². The summed E-state index contributed by atoms with van der Waals surface area (Å²) in [5.41, 5.74) is 3.02. The second-order valence-electron chi connectivity index (χ2n) is 9.34. The monoisotopic (exact) mass is 488 g/mol. The molecule has 2 aromatic heterocycles. The average Bonchev–Trinajstić information content (AvgIpc) is 3.39. The van der Waals surface area contributed by atoms with Gasteiger partial charge in [-0.1, -0.05) is 0 Å². The number of benzene rings is 2. The number of hydrogen-bond donors (Lipinski definition) is 1. The van der Waals surface area contributed by atoms with Crippen LogP contribution in [0.25, 0.3) is 21.9 Å². The molecule has 0 saturated carbocycles. The molecule has 0 radical (unpaired) electrons. The van der Waals surface area contributed by atoms with Crippen LogP contribution in [-0.4, -0.2) is 62.3 Å². The Kier molecular flexibility index (Phi) is 6.69. The molecule has 36 heavy (non-hydrogen) atoms. The molecule has 8 heteroatoms. The summed E-state index contributed by atoms with van der Waals surface area (Å²) in [5.74, 6) is 0.384. The lowest BCUT2D eigenvalue weighted by atomic mass is 10.0. The number of amides is 1. The Morgan fingerprint density at radius 3 is 2.67 bits per heavy atom. The number of carbonyl (C=O) groups is 1. The molecule has 1 aliphatic heterocycles. The Balaban J connectivity index is 1.28. The van der Waals surface area contributed by atoms with Crippen molar-refractivity contribution in [1.82, 2.24) is 14.8 Å². The predicted molar refractivity (Wildman–Crippen MR) is 142 cm³/mol. The molecule has 0 aliphatic carbocycles. The van der Waals surface area contributed by atoms with Crippen molar-refractivity contribution in [2.45, 2.75) is 25.4 Å². The van der Waals surface area contributed by atoms with Gasteiger partial charge in [0.15, 0.2) is 0 Å². The van der Waals surface area contributed by atoms with Gasteiger partial charge < -0.3 is 28.8 Å². The number of fused-ring (bicyclic) bond motifs is 2. The number of methoxy groups -OCH3 is 1. The minimum atomic E-state index is -0.271. The van der Waals surface area contributed by atoms with Gasteiger partial charge in [0.25, 0.3) is 11.5 Å². The predicted octanol–water partition coefficient (Wildman–Crippen LogP) is 3.72. The van der Waals surface area contributed by atoms with Crippen LogP contribution >= 0.6 is 0 Å². The maximum Gasteiger partial charge on any atom is 0.251 e. The SMILES string of the molecule is CNC(=O)c1cc(=O)n(CCN2CCC(N(C)c3ccc4occc4c3)CC2)c2cc(OC)ccc12. The van der Waals surface area contributed by atoms with Crippen LogP contribution in [0.4, 0.5) is 5.69 Å². The van der Waals surface area contributed by atoms with Gasteiger partial charge in [0.2, 0.25) is 0 Å². The average molecular weight is 489 g/mol. The summed E-state index contributed by atoms with van der Waals surface area (Å²) in [7, 11) is 5.33. The van der Waals surface area contributed by atoms with E-state index in [-0.39, 0.29) is 11.5 Å². The molecule has 1 N–H and O–H groups in total. The van der Waals surface area contributed by atoms with Crippen molar-refractivity contribution in [1.29, 1.82) is 0 Å². The van der Waals surface area contributed by atoms with Gasteiger partial charge in [-0.05, 0) is 49.2 Å². The number of nitrogens with one attached hydrogen (secondary N) is 1. The number of carbonyl (C=O) groups excluding carboxylic acids is 1. The highest BCUT2D eigenvalue weighted by Gasteiger charge is 2.23. The fourth-order valence-electron chi connectivity index (χ4n) is 5.20. The van der Waals surface area contributed by atoms with Gasteiger partial charge in [0.05, 0.1) is 24.5 Å². The van der Waals surface area contributed by atoms with E-state index in [9.17, 15) is 9.59 Å². The first-order chi connectivity index (χ1) is 17.5. The molecule has 0 atom stereocenters. The van der Waals surface area contributed by atoms with Crippen LogP contribution in [0.3, 0.4) is 0 Å². The van der Waals surface area contributed by atoms with Gasteiger partial charge >= 0.3 is 0 Å². The van der Waals surface area contributed by atoms with E-state index >= 15 is 0 Å². The van der Waals surface area contributed by atoms with Crippen molar-refractivity contribution in [3.63, 3.8) is 0 Å². The van der Waals surface area contributed by atoms with E-state index in [0.29, 0.717) is 29.4 Å². The summed E-state index contributed by atoms with van der Waals surface area (Å²) >= 11 is 0. The summed E-state index contributed by atoms with van der Waals surface area (Å²) in [6, 6.07) is 15.7. The summed E-state index contributed by atoms with van der Waals surface area (Å²) in [5, 5.41) is 4.49. The number of aromatic nitrogens is 1. The number of nitrogens with zero attached hydrogens (tertiary/aromatic N) is 3. The second kappa shape index (κ2) is 10.1. The molecule has 1 fully saturated rings. The lowest BCUT2D eigenvalue weighted by Crippen LogP contribution is -2.44. The van der Waals surface area contributed by atoms with E-state index in [4.69, 9.17) is 9.15 Å². The minimum absolute atomic E-state index is 0.182. The highest BCUT2D eigenvalue weighted by atomic mass is 16.5. The molecule has 8 nitrogen and oxygen atoms in total. The van der Waals surface area contributed by atoms with Crippen LogP contribution in [0, 0.1) is 0 Å². The number of rotatable bonds is 7. The molecule has 5 rings (SSSR count). The Bertz CT molecular complexity index is 1450. The molecule has 4 aromatic rings. The molecular formula is C28H32N4O4. The Morgan fingerprint density at radius 1 is 1.11 bits per heavy atom. The first-order valence-corrected chi connectivity index (χ1v) is 12.3. The highest BCUT2D eigenvalue weighted by molar-refractivity contribution is 6.06. The van der Waals surface area contributed by atoms with Crippen LogP contribution in [0.1, 0.15) is 23.2 Å². The first kappa shape index (κ1) is 23.9. The minimum Gasteiger partial charge on any atom is -0.497 e. The Labute approximate surface area is 210 Å². The smallest absolute Gasteiger partial charge is 0.251 e. The molecule has 1 saturated heterocycles. The van der Waals surface area contributed by atoms with E-state index < -0.39 is 0 Å². The molecule has 3 heterocycles. The van der Waals surface area contributed by atoms with Gasteiger partial charge in [-0.15, -0.1) is 0 Å². The molecule has 0 spiro atoms. The van der Waals surface area contributed by atoms with Crippen molar-refractivity contribution < 1.29 is 13.9 Å². The van der Waals surface area contributed by atoms with Gasteiger partial charge in [0.1, 0.15) is 11.3 Å². The van der Waals surface area contributed by atoms with Crippen molar-refractivity contribution in [2.75, 3.05) is 45.7 Å². The largest absolute Gasteiger partial charge is 0.497 e. The van der Waals surface area contributed by atoms with Gasteiger partial charge in [0, 0.05) is 74.9 Å². The summed E-state index contributed by atoms with van der Waals surface area (Å²) in [6.07, 6.45) is 3.83.